The second-order valence-corrected chi connectivity index (χ2v) is 4.58. The van der Waals surface area contributed by atoms with Gasteiger partial charge in [-0.3, -0.25) is 0 Å². The van der Waals surface area contributed by atoms with Gasteiger partial charge in [-0.15, -0.1) is 24.0 Å². The normalized spacial score (nSPS) is 10.8. The zero-order valence-corrected chi connectivity index (χ0v) is 16.5. The van der Waals surface area contributed by atoms with Gasteiger partial charge in [0.05, 0.1) is 33.5 Å². The van der Waals surface area contributed by atoms with Crippen LogP contribution in [0.4, 0.5) is 0 Å². The van der Waals surface area contributed by atoms with Crippen LogP contribution in [0.2, 0.25) is 0 Å². The molecule has 6 nitrogen and oxygen atoms in total. The summed E-state index contributed by atoms with van der Waals surface area (Å²) >= 11 is 0. The number of nitrogens with zero attached hydrogens (tertiary/aromatic N) is 1. The average Bonchev–Trinajstić information content (AvgIpc) is 2.56. The summed E-state index contributed by atoms with van der Waals surface area (Å²) in [5, 5.41) is 6.45. The second kappa shape index (κ2) is 14.5. The van der Waals surface area contributed by atoms with Crippen LogP contribution in [-0.2, 0) is 16.0 Å². The van der Waals surface area contributed by atoms with E-state index >= 15 is 0 Å². The Morgan fingerprint density at radius 2 is 1.96 bits per heavy atom. The molecule has 1 rings (SSSR count). The molecule has 132 valence electrons. The molecule has 0 atom stereocenters. The molecule has 2 N–H and O–H groups in total. The fourth-order valence-corrected chi connectivity index (χ4v) is 1.77. The van der Waals surface area contributed by atoms with Gasteiger partial charge in [-0.05, 0) is 24.6 Å². The molecule has 23 heavy (non-hydrogen) atoms. The lowest BCUT2D eigenvalue weighted by atomic mass is 10.2. The van der Waals surface area contributed by atoms with E-state index < -0.39 is 0 Å². The molecule has 0 radical (unpaired) electrons. The predicted octanol–water partition coefficient (Wildman–Crippen LogP) is 2.03. The molecule has 0 bridgehead atoms. The van der Waals surface area contributed by atoms with Crippen molar-refractivity contribution in [3.63, 3.8) is 0 Å². The number of nitrogens with one attached hydrogen (secondary N) is 2. The zero-order valence-electron chi connectivity index (χ0n) is 14.1. The van der Waals surface area contributed by atoms with Gasteiger partial charge in [-0.25, -0.2) is 4.99 Å². The molecule has 1 aromatic rings. The van der Waals surface area contributed by atoms with Gasteiger partial charge in [0.1, 0.15) is 5.75 Å². The van der Waals surface area contributed by atoms with Crippen molar-refractivity contribution in [2.45, 2.75) is 13.5 Å². The number of hydrogen-bond donors (Lipinski definition) is 2. The standard InChI is InChI=1S/C16H27N3O3.HI/c1-4-17-16(18-8-9-22-11-10-20-2)19-13-14-6-5-7-15(12-14)21-3;/h5-7,12H,4,8-11,13H2,1-3H3,(H2,17,18,19);1H. The highest BCUT2D eigenvalue weighted by Gasteiger charge is 1.99. The number of benzene rings is 1. The molecule has 0 aliphatic carbocycles. The van der Waals surface area contributed by atoms with Gasteiger partial charge in [0.15, 0.2) is 5.96 Å². The first-order valence-corrected chi connectivity index (χ1v) is 7.52. The molecule has 0 aliphatic heterocycles. The number of methoxy groups -OCH3 is 2. The van der Waals surface area contributed by atoms with E-state index in [-0.39, 0.29) is 24.0 Å². The maximum atomic E-state index is 5.41. The lowest BCUT2D eigenvalue weighted by Crippen LogP contribution is -2.39. The summed E-state index contributed by atoms with van der Waals surface area (Å²) in [7, 11) is 3.33. The van der Waals surface area contributed by atoms with Gasteiger partial charge in [-0.1, -0.05) is 12.1 Å². The van der Waals surface area contributed by atoms with Crippen LogP contribution in [0.5, 0.6) is 5.75 Å². The van der Waals surface area contributed by atoms with Crippen LogP contribution in [0.25, 0.3) is 0 Å². The Morgan fingerprint density at radius 1 is 1.13 bits per heavy atom. The van der Waals surface area contributed by atoms with E-state index in [0.717, 1.165) is 23.8 Å². The van der Waals surface area contributed by atoms with Crippen molar-refractivity contribution >= 4 is 29.9 Å². The van der Waals surface area contributed by atoms with Crippen molar-refractivity contribution in [3.8, 4) is 5.75 Å². The van der Waals surface area contributed by atoms with Gasteiger partial charge >= 0.3 is 0 Å². The summed E-state index contributed by atoms with van der Waals surface area (Å²) in [5.74, 6) is 1.62. The maximum absolute atomic E-state index is 5.41. The molecule has 0 fully saturated rings. The van der Waals surface area contributed by atoms with E-state index in [1.165, 1.54) is 0 Å². The first kappa shape index (κ1) is 21.9. The number of halogens is 1. The van der Waals surface area contributed by atoms with E-state index in [9.17, 15) is 0 Å². The van der Waals surface area contributed by atoms with Gasteiger partial charge in [0.25, 0.3) is 0 Å². The van der Waals surface area contributed by atoms with E-state index in [4.69, 9.17) is 14.2 Å². The molecule has 1 aromatic carbocycles. The van der Waals surface area contributed by atoms with Crippen LogP contribution in [-0.4, -0.2) is 53.1 Å². The fourth-order valence-electron chi connectivity index (χ4n) is 1.77. The SMILES string of the molecule is CCNC(=NCc1cccc(OC)c1)NCCOCCOC.I. The molecule has 0 saturated carbocycles. The molecule has 0 spiro atoms. The smallest absolute Gasteiger partial charge is 0.191 e. The number of aliphatic imine (C=N–C) groups is 1. The Labute approximate surface area is 156 Å². The lowest BCUT2D eigenvalue weighted by Gasteiger charge is -2.11. The largest absolute Gasteiger partial charge is 0.497 e. The minimum Gasteiger partial charge on any atom is -0.497 e. The Bertz CT molecular complexity index is 444. The summed E-state index contributed by atoms with van der Waals surface area (Å²) in [5.41, 5.74) is 1.10. The van der Waals surface area contributed by atoms with Crippen molar-refractivity contribution in [1.29, 1.82) is 0 Å². The fraction of sp³-hybridized carbons (Fsp3) is 0.562. The third-order valence-corrected chi connectivity index (χ3v) is 2.87. The predicted molar refractivity (Wildman–Crippen MR) is 104 cm³/mol. The quantitative estimate of drug-likeness (QED) is 0.254. The lowest BCUT2D eigenvalue weighted by molar-refractivity contribution is 0.0733. The summed E-state index contributed by atoms with van der Waals surface area (Å²) in [4.78, 5) is 4.55. The van der Waals surface area contributed by atoms with E-state index in [1.807, 2.05) is 31.2 Å². The Morgan fingerprint density at radius 3 is 2.65 bits per heavy atom. The number of hydrogen-bond acceptors (Lipinski definition) is 4. The topological polar surface area (TPSA) is 64.1 Å². The minimum absolute atomic E-state index is 0. The average molecular weight is 437 g/mol. The number of guanidine groups is 1. The number of rotatable bonds is 10. The molecule has 0 amide bonds. The van der Waals surface area contributed by atoms with E-state index in [0.29, 0.717) is 32.9 Å². The van der Waals surface area contributed by atoms with E-state index in [2.05, 4.69) is 15.6 Å². The van der Waals surface area contributed by atoms with Crippen LogP contribution in [0.3, 0.4) is 0 Å². The third kappa shape index (κ3) is 10.4. The first-order chi connectivity index (χ1) is 10.8. The molecule has 0 heterocycles. The zero-order chi connectivity index (χ0) is 16.0. The van der Waals surface area contributed by atoms with E-state index in [1.54, 1.807) is 14.2 Å². The first-order valence-electron chi connectivity index (χ1n) is 7.52. The maximum Gasteiger partial charge on any atom is 0.191 e. The number of ether oxygens (including phenoxy) is 3. The monoisotopic (exact) mass is 437 g/mol. The van der Waals surface area contributed by atoms with Gasteiger partial charge in [-0.2, -0.15) is 0 Å². The molecular weight excluding hydrogens is 409 g/mol. The minimum atomic E-state index is 0. The molecule has 0 aromatic heterocycles. The van der Waals surface area contributed by atoms with Crippen molar-refractivity contribution < 1.29 is 14.2 Å². The highest BCUT2D eigenvalue weighted by Crippen LogP contribution is 2.12. The van der Waals surface area contributed by atoms with Crippen molar-refractivity contribution in [1.82, 2.24) is 10.6 Å². The Hall–Kier alpha value is -1.06. The van der Waals surface area contributed by atoms with Crippen LogP contribution >= 0.6 is 24.0 Å². The van der Waals surface area contributed by atoms with Crippen LogP contribution in [0, 0.1) is 0 Å². The summed E-state index contributed by atoms with van der Waals surface area (Å²) in [6.45, 7) is 5.99. The molecule has 0 saturated heterocycles. The van der Waals surface area contributed by atoms with Crippen molar-refractivity contribution in [2.24, 2.45) is 4.99 Å². The molecule has 0 aliphatic rings. The van der Waals surface area contributed by atoms with Crippen LogP contribution in [0.15, 0.2) is 29.3 Å². The highest BCUT2D eigenvalue weighted by molar-refractivity contribution is 14.0. The van der Waals surface area contributed by atoms with Crippen molar-refractivity contribution in [3.05, 3.63) is 29.8 Å². The van der Waals surface area contributed by atoms with Crippen molar-refractivity contribution in [2.75, 3.05) is 47.1 Å². The van der Waals surface area contributed by atoms with Gasteiger partial charge in [0, 0.05) is 20.2 Å². The highest BCUT2D eigenvalue weighted by atomic mass is 127. The third-order valence-electron chi connectivity index (χ3n) is 2.87. The second-order valence-electron chi connectivity index (χ2n) is 4.58. The summed E-state index contributed by atoms with van der Waals surface area (Å²) in [6, 6.07) is 7.91. The Kier molecular flexibility index (Phi) is 13.9. The Balaban J connectivity index is 0.00000484. The van der Waals surface area contributed by atoms with Crippen LogP contribution in [0.1, 0.15) is 12.5 Å². The summed E-state index contributed by atoms with van der Waals surface area (Å²) in [6.07, 6.45) is 0. The molecule has 0 unspecified atom stereocenters. The van der Waals surface area contributed by atoms with Gasteiger partial charge < -0.3 is 24.8 Å². The summed E-state index contributed by atoms with van der Waals surface area (Å²) < 4.78 is 15.5. The molecule has 7 heteroatoms. The molecular formula is C16H28IN3O3. The van der Waals surface area contributed by atoms with Gasteiger partial charge in [0.2, 0.25) is 0 Å². The van der Waals surface area contributed by atoms with Crippen LogP contribution < -0.4 is 15.4 Å².